The summed E-state index contributed by atoms with van der Waals surface area (Å²) in [6, 6.07) is 11.1. The predicted octanol–water partition coefficient (Wildman–Crippen LogP) is 1.85. The Morgan fingerprint density at radius 2 is 1.86 bits per heavy atom. The molecule has 2 aliphatic rings. The van der Waals surface area contributed by atoms with Crippen LogP contribution in [-0.4, -0.2) is 39.2 Å². The summed E-state index contributed by atoms with van der Waals surface area (Å²) in [6.45, 7) is 2.27. The number of quaternary nitrogens is 1. The number of benzene rings is 2. The largest absolute Gasteiger partial charge is 0.595 e. The van der Waals surface area contributed by atoms with Crippen molar-refractivity contribution in [2.24, 2.45) is 0 Å². The van der Waals surface area contributed by atoms with Gasteiger partial charge in [0, 0.05) is 37.3 Å². The zero-order valence-electron chi connectivity index (χ0n) is 16.2. The van der Waals surface area contributed by atoms with Crippen LogP contribution in [0, 0.1) is 5.21 Å². The Balaban J connectivity index is 1.85. The standard InChI is InChI=1S/C21H26N2O5/c1-26-18-11-16-17(12-19(18)27-2)21(6-8-28-9-7-21)13-22-20(16)14-4-3-5-15(10-14)23(24)25/h3-5,10-12,20,22-24H,6-9,13H2,1-2H3/t20-/m0/s1. The van der Waals surface area contributed by atoms with Gasteiger partial charge in [0.2, 0.25) is 0 Å². The highest BCUT2D eigenvalue weighted by molar-refractivity contribution is 5.55. The van der Waals surface area contributed by atoms with Gasteiger partial charge in [0.25, 0.3) is 0 Å². The fourth-order valence-electron chi connectivity index (χ4n) is 4.45. The fraction of sp³-hybridized carbons (Fsp3) is 0.429. The van der Waals surface area contributed by atoms with E-state index in [9.17, 15) is 10.4 Å². The molecule has 2 aromatic rings. The zero-order valence-corrected chi connectivity index (χ0v) is 16.2. The van der Waals surface area contributed by atoms with Crippen LogP contribution in [0.1, 0.15) is 35.6 Å². The SMILES string of the molecule is COc1cc2c(cc1OC)C1(CCOCC1)CN[C@H]2c1cccc([NH+]([O-])O)c1. The lowest BCUT2D eigenvalue weighted by atomic mass is 9.68. The number of fused-ring (bicyclic) bond motifs is 2. The monoisotopic (exact) mass is 386 g/mol. The van der Waals surface area contributed by atoms with E-state index in [1.807, 2.05) is 12.1 Å². The van der Waals surface area contributed by atoms with E-state index in [4.69, 9.17) is 14.2 Å². The van der Waals surface area contributed by atoms with Crippen molar-refractivity contribution in [3.8, 4) is 11.5 Å². The Bertz CT molecular complexity index is 849. The van der Waals surface area contributed by atoms with E-state index in [-0.39, 0.29) is 17.1 Å². The first-order valence-corrected chi connectivity index (χ1v) is 9.49. The molecule has 28 heavy (non-hydrogen) atoms. The molecule has 0 bridgehead atoms. The smallest absolute Gasteiger partial charge is 0.164 e. The maximum absolute atomic E-state index is 11.4. The Hall–Kier alpha value is -2.16. The third-order valence-electron chi connectivity index (χ3n) is 6.00. The van der Waals surface area contributed by atoms with Crippen LogP contribution in [0.3, 0.4) is 0 Å². The van der Waals surface area contributed by atoms with Crippen molar-refractivity contribution in [1.29, 1.82) is 0 Å². The molecule has 0 aromatic heterocycles. The van der Waals surface area contributed by atoms with E-state index < -0.39 is 5.23 Å². The Morgan fingerprint density at radius 1 is 1.14 bits per heavy atom. The predicted molar refractivity (Wildman–Crippen MR) is 103 cm³/mol. The van der Waals surface area contributed by atoms with Crippen LogP contribution in [-0.2, 0) is 10.2 Å². The van der Waals surface area contributed by atoms with Crippen molar-refractivity contribution < 1.29 is 24.6 Å². The molecule has 1 saturated heterocycles. The van der Waals surface area contributed by atoms with Gasteiger partial charge >= 0.3 is 0 Å². The molecule has 2 heterocycles. The van der Waals surface area contributed by atoms with Gasteiger partial charge < -0.3 is 24.7 Å². The summed E-state index contributed by atoms with van der Waals surface area (Å²) in [5.74, 6) is 1.39. The summed E-state index contributed by atoms with van der Waals surface area (Å²) in [7, 11) is 3.28. The van der Waals surface area contributed by atoms with Gasteiger partial charge in [-0.15, -0.1) is 0 Å². The minimum absolute atomic E-state index is 0.0198. The molecule has 0 aliphatic carbocycles. The Labute approximate surface area is 164 Å². The molecule has 0 radical (unpaired) electrons. The number of methoxy groups -OCH3 is 2. The first-order valence-electron chi connectivity index (χ1n) is 9.49. The van der Waals surface area contributed by atoms with Crippen molar-refractivity contribution in [2.75, 3.05) is 34.0 Å². The number of hydrogen-bond acceptors (Lipinski definition) is 6. The molecule has 3 N–H and O–H groups in total. The summed E-state index contributed by atoms with van der Waals surface area (Å²) in [5.41, 5.74) is 3.53. The van der Waals surface area contributed by atoms with Crippen molar-refractivity contribution in [2.45, 2.75) is 24.3 Å². The molecular formula is C21H26N2O5. The normalized spacial score (nSPS) is 21.8. The highest BCUT2D eigenvalue weighted by Crippen LogP contribution is 2.47. The summed E-state index contributed by atoms with van der Waals surface area (Å²) in [4.78, 5) is 0. The Kier molecular flexibility index (Phi) is 5.27. The third-order valence-corrected chi connectivity index (χ3v) is 6.00. The average Bonchev–Trinajstić information content (AvgIpc) is 2.74. The van der Waals surface area contributed by atoms with Crippen molar-refractivity contribution in [1.82, 2.24) is 5.32 Å². The third kappa shape index (κ3) is 3.25. The lowest BCUT2D eigenvalue weighted by molar-refractivity contribution is -0.991. The molecule has 2 aromatic carbocycles. The number of rotatable bonds is 4. The van der Waals surface area contributed by atoms with E-state index in [1.54, 1.807) is 32.4 Å². The summed E-state index contributed by atoms with van der Waals surface area (Å²) >= 11 is 0. The van der Waals surface area contributed by atoms with Crippen LogP contribution >= 0.6 is 0 Å². The number of nitrogens with one attached hydrogen (secondary N) is 2. The van der Waals surface area contributed by atoms with Gasteiger partial charge in [0.15, 0.2) is 17.2 Å². The van der Waals surface area contributed by atoms with Gasteiger partial charge in [-0.1, -0.05) is 12.1 Å². The zero-order chi connectivity index (χ0) is 19.7. The Morgan fingerprint density at radius 3 is 2.54 bits per heavy atom. The van der Waals surface area contributed by atoms with Gasteiger partial charge in [-0.05, 0) is 41.7 Å². The lowest BCUT2D eigenvalue weighted by Gasteiger charge is -2.45. The summed E-state index contributed by atoms with van der Waals surface area (Å²) in [5, 5.41) is 23.6. The first kappa shape index (κ1) is 19.2. The van der Waals surface area contributed by atoms with E-state index in [2.05, 4.69) is 11.4 Å². The maximum Gasteiger partial charge on any atom is 0.164 e. The lowest BCUT2D eigenvalue weighted by Crippen LogP contribution is -2.99. The van der Waals surface area contributed by atoms with Crippen molar-refractivity contribution in [3.63, 3.8) is 0 Å². The second-order valence-corrected chi connectivity index (χ2v) is 7.43. The second kappa shape index (κ2) is 7.69. The molecule has 2 aliphatic heterocycles. The number of hydrogen-bond donors (Lipinski definition) is 3. The van der Waals surface area contributed by atoms with Gasteiger partial charge in [0.05, 0.1) is 20.3 Å². The maximum atomic E-state index is 11.4. The van der Waals surface area contributed by atoms with Gasteiger partial charge in [-0.3, -0.25) is 0 Å². The van der Waals surface area contributed by atoms with Gasteiger partial charge in [-0.2, -0.15) is 5.23 Å². The van der Waals surface area contributed by atoms with Crippen LogP contribution in [0.2, 0.25) is 0 Å². The molecule has 7 nitrogen and oxygen atoms in total. The molecule has 0 saturated carbocycles. The molecule has 4 rings (SSSR count). The first-order chi connectivity index (χ1) is 13.6. The molecule has 2 atom stereocenters. The molecular weight excluding hydrogens is 360 g/mol. The second-order valence-electron chi connectivity index (χ2n) is 7.43. The number of ether oxygens (including phenoxy) is 3. The average molecular weight is 386 g/mol. The minimum Gasteiger partial charge on any atom is -0.595 e. The van der Waals surface area contributed by atoms with E-state index in [0.717, 1.165) is 43.7 Å². The highest BCUT2D eigenvalue weighted by atomic mass is 16.8. The summed E-state index contributed by atoms with van der Waals surface area (Å²) in [6.07, 6.45) is 1.87. The van der Waals surface area contributed by atoms with E-state index in [1.165, 1.54) is 5.56 Å². The molecule has 1 spiro atoms. The molecule has 0 amide bonds. The van der Waals surface area contributed by atoms with Gasteiger partial charge in [-0.25, -0.2) is 5.21 Å². The topological polar surface area (TPSA) is 87.5 Å². The highest BCUT2D eigenvalue weighted by Gasteiger charge is 2.42. The van der Waals surface area contributed by atoms with E-state index >= 15 is 0 Å². The molecule has 1 unspecified atom stereocenters. The van der Waals surface area contributed by atoms with Crippen LogP contribution in [0.4, 0.5) is 5.69 Å². The van der Waals surface area contributed by atoms with Crippen LogP contribution in [0.25, 0.3) is 0 Å². The van der Waals surface area contributed by atoms with Crippen LogP contribution in [0.5, 0.6) is 11.5 Å². The van der Waals surface area contributed by atoms with Crippen LogP contribution < -0.4 is 20.0 Å². The molecule has 1 fully saturated rings. The fourth-order valence-corrected chi connectivity index (χ4v) is 4.45. The van der Waals surface area contributed by atoms with Crippen molar-refractivity contribution >= 4 is 5.69 Å². The minimum atomic E-state index is -0.925. The summed E-state index contributed by atoms with van der Waals surface area (Å²) < 4.78 is 16.7. The van der Waals surface area contributed by atoms with E-state index in [0.29, 0.717) is 11.5 Å². The van der Waals surface area contributed by atoms with Gasteiger partial charge in [0.1, 0.15) is 0 Å². The molecule has 7 heteroatoms. The van der Waals surface area contributed by atoms with Crippen molar-refractivity contribution in [3.05, 3.63) is 58.3 Å². The molecule has 150 valence electrons. The van der Waals surface area contributed by atoms with Crippen LogP contribution in [0.15, 0.2) is 36.4 Å². The quantitative estimate of drug-likeness (QED) is 0.695.